The highest BCUT2D eigenvalue weighted by Crippen LogP contribution is 2.21. The van der Waals surface area contributed by atoms with Crippen molar-refractivity contribution in [2.45, 2.75) is 19.1 Å². The Morgan fingerprint density at radius 1 is 1.16 bits per heavy atom. The standard InChI is InChI=1S/C19H21NO4S/c1-20(17-10-11-25(22,23)14-17)19(21)16-8-5-9-18(12-16)24-13-15-6-3-2-4-7-15/h2-9,12,17H,10-11,13-14H2,1H3. The molecule has 1 saturated heterocycles. The topological polar surface area (TPSA) is 63.7 Å². The lowest BCUT2D eigenvalue weighted by molar-refractivity contribution is 0.0747. The molecule has 25 heavy (non-hydrogen) atoms. The normalized spacial score (nSPS) is 18.7. The van der Waals surface area contributed by atoms with Crippen molar-refractivity contribution in [3.05, 3.63) is 65.7 Å². The highest BCUT2D eigenvalue weighted by atomic mass is 32.2. The first kappa shape index (κ1) is 17.5. The van der Waals surface area contributed by atoms with Gasteiger partial charge in [-0.15, -0.1) is 0 Å². The van der Waals surface area contributed by atoms with Gasteiger partial charge in [-0.2, -0.15) is 0 Å². The molecule has 5 nitrogen and oxygen atoms in total. The van der Waals surface area contributed by atoms with Crippen molar-refractivity contribution in [1.82, 2.24) is 4.90 Å². The van der Waals surface area contributed by atoms with Crippen LogP contribution in [0.2, 0.25) is 0 Å². The first-order valence-corrected chi connectivity index (χ1v) is 10.0. The van der Waals surface area contributed by atoms with Gasteiger partial charge in [-0.05, 0) is 30.2 Å². The molecule has 0 radical (unpaired) electrons. The van der Waals surface area contributed by atoms with Gasteiger partial charge in [0, 0.05) is 18.7 Å². The fourth-order valence-corrected chi connectivity index (χ4v) is 4.68. The van der Waals surface area contributed by atoms with Crippen LogP contribution in [0.4, 0.5) is 0 Å². The van der Waals surface area contributed by atoms with E-state index in [9.17, 15) is 13.2 Å². The smallest absolute Gasteiger partial charge is 0.254 e. The van der Waals surface area contributed by atoms with Gasteiger partial charge in [0.05, 0.1) is 11.5 Å². The Morgan fingerprint density at radius 3 is 2.60 bits per heavy atom. The van der Waals surface area contributed by atoms with Gasteiger partial charge in [-0.1, -0.05) is 36.4 Å². The highest BCUT2D eigenvalue weighted by Gasteiger charge is 2.33. The minimum Gasteiger partial charge on any atom is -0.489 e. The van der Waals surface area contributed by atoms with Crippen molar-refractivity contribution in [3.63, 3.8) is 0 Å². The van der Waals surface area contributed by atoms with Gasteiger partial charge in [0.1, 0.15) is 12.4 Å². The molecule has 2 aromatic rings. The quantitative estimate of drug-likeness (QED) is 0.823. The Kier molecular flexibility index (Phi) is 5.08. The van der Waals surface area contributed by atoms with Crippen molar-refractivity contribution in [2.75, 3.05) is 18.6 Å². The zero-order valence-corrected chi connectivity index (χ0v) is 14.9. The lowest BCUT2D eigenvalue weighted by Crippen LogP contribution is -2.37. The van der Waals surface area contributed by atoms with E-state index in [0.29, 0.717) is 24.3 Å². The zero-order chi connectivity index (χ0) is 17.9. The summed E-state index contributed by atoms with van der Waals surface area (Å²) in [4.78, 5) is 14.2. The first-order valence-electron chi connectivity index (χ1n) is 8.19. The van der Waals surface area contributed by atoms with E-state index < -0.39 is 9.84 Å². The monoisotopic (exact) mass is 359 g/mol. The first-order chi connectivity index (χ1) is 11.9. The van der Waals surface area contributed by atoms with Gasteiger partial charge in [0.25, 0.3) is 5.91 Å². The Bertz CT molecular complexity index is 849. The maximum Gasteiger partial charge on any atom is 0.254 e. The molecular formula is C19H21NO4S. The average molecular weight is 359 g/mol. The highest BCUT2D eigenvalue weighted by molar-refractivity contribution is 7.91. The summed E-state index contributed by atoms with van der Waals surface area (Å²) in [5, 5.41) is 0. The molecule has 132 valence electrons. The van der Waals surface area contributed by atoms with Gasteiger partial charge < -0.3 is 9.64 Å². The minimum absolute atomic E-state index is 0.0411. The van der Waals surface area contributed by atoms with Crippen molar-refractivity contribution < 1.29 is 17.9 Å². The number of hydrogen-bond acceptors (Lipinski definition) is 4. The summed E-state index contributed by atoms with van der Waals surface area (Å²) in [5.41, 5.74) is 1.55. The maximum absolute atomic E-state index is 12.6. The number of benzene rings is 2. The average Bonchev–Trinajstić information content (AvgIpc) is 3.00. The molecule has 1 fully saturated rings. The molecular weight excluding hydrogens is 338 g/mol. The number of carbonyl (C=O) groups excluding carboxylic acids is 1. The molecule has 0 spiro atoms. The van der Waals surface area contributed by atoms with Crippen LogP contribution in [0.3, 0.4) is 0 Å². The third-order valence-corrected chi connectivity index (χ3v) is 6.16. The molecule has 1 aliphatic rings. The van der Waals surface area contributed by atoms with Crippen LogP contribution in [-0.4, -0.2) is 43.8 Å². The Labute approximate surface area is 148 Å². The van der Waals surface area contributed by atoms with Gasteiger partial charge >= 0.3 is 0 Å². The van der Waals surface area contributed by atoms with E-state index in [1.54, 1.807) is 31.3 Å². The van der Waals surface area contributed by atoms with Gasteiger partial charge in [0.15, 0.2) is 9.84 Å². The minimum atomic E-state index is -3.02. The summed E-state index contributed by atoms with van der Waals surface area (Å²) in [6.07, 6.45) is 0.495. The second kappa shape index (κ2) is 7.27. The van der Waals surface area contributed by atoms with Gasteiger partial charge in [0.2, 0.25) is 0 Å². The van der Waals surface area contributed by atoms with Crippen LogP contribution in [0, 0.1) is 0 Å². The van der Waals surface area contributed by atoms with Crippen LogP contribution in [0.15, 0.2) is 54.6 Å². The number of ether oxygens (including phenoxy) is 1. The van der Waals surface area contributed by atoms with E-state index in [-0.39, 0.29) is 23.5 Å². The number of rotatable bonds is 5. The van der Waals surface area contributed by atoms with E-state index in [4.69, 9.17) is 4.74 Å². The molecule has 1 atom stereocenters. The summed E-state index contributed by atoms with van der Waals surface area (Å²) < 4.78 is 29.0. The molecule has 0 aromatic heterocycles. The Morgan fingerprint density at radius 2 is 1.92 bits per heavy atom. The molecule has 0 aliphatic carbocycles. The molecule has 0 N–H and O–H groups in total. The summed E-state index contributed by atoms with van der Waals surface area (Å²) in [5.74, 6) is 0.615. The molecule has 1 amide bonds. The van der Waals surface area contributed by atoms with Crippen LogP contribution < -0.4 is 4.74 Å². The lowest BCUT2D eigenvalue weighted by Gasteiger charge is -2.23. The van der Waals surface area contributed by atoms with E-state index in [1.165, 1.54) is 4.90 Å². The zero-order valence-electron chi connectivity index (χ0n) is 14.1. The molecule has 0 bridgehead atoms. The molecule has 0 saturated carbocycles. The lowest BCUT2D eigenvalue weighted by atomic mass is 10.1. The number of sulfone groups is 1. The predicted octanol–water partition coefficient (Wildman–Crippen LogP) is 2.52. The molecule has 3 rings (SSSR count). The van der Waals surface area contributed by atoms with Crippen molar-refractivity contribution >= 4 is 15.7 Å². The second-order valence-corrected chi connectivity index (χ2v) is 8.50. The van der Waals surface area contributed by atoms with Crippen molar-refractivity contribution in [2.24, 2.45) is 0 Å². The second-order valence-electron chi connectivity index (χ2n) is 6.28. The predicted molar refractivity (Wildman–Crippen MR) is 96.4 cm³/mol. The van der Waals surface area contributed by atoms with Crippen LogP contribution in [0.25, 0.3) is 0 Å². The van der Waals surface area contributed by atoms with Gasteiger partial charge in [-0.3, -0.25) is 4.79 Å². The van der Waals surface area contributed by atoms with Crippen LogP contribution >= 0.6 is 0 Å². The van der Waals surface area contributed by atoms with Crippen LogP contribution in [0.1, 0.15) is 22.3 Å². The van der Waals surface area contributed by atoms with Crippen molar-refractivity contribution in [3.8, 4) is 5.75 Å². The molecule has 6 heteroatoms. The number of amides is 1. The fourth-order valence-electron chi connectivity index (χ4n) is 2.91. The maximum atomic E-state index is 12.6. The number of carbonyl (C=O) groups is 1. The van der Waals surface area contributed by atoms with E-state index in [1.807, 2.05) is 30.3 Å². The molecule has 1 aliphatic heterocycles. The number of hydrogen-bond donors (Lipinski definition) is 0. The summed E-state index contributed by atoms with van der Waals surface area (Å²) in [6, 6.07) is 16.5. The van der Waals surface area contributed by atoms with Crippen LogP contribution in [-0.2, 0) is 16.4 Å². The summed E-state index contributed by atoms with van der Waals surface area (Å²) >= 11 is 0. The summed E-state index contributed by atoms with van der Waals surface area (Å²) in [7, 11) is -1.36. The fraction of sp³-hybridized carbons (Fsp3) is 0.316. The van der Waals surface area contributed by atoms with Crippen LogP contribution in [0.5, 0.6) is 5.75 Å². The SMILES string of the molecule is CN(C(=O)c1cccc(OCc2ccccc2)c1)C1CCS(=O)(=O)C1. The molecule has 1 unspecified atom stereocenters. The van der Waals surface area contributed by atoms with E-state index >= 15 is 0 Å². The largest absolute Gasteiger partial charge is 0.489 e. The van der Waals surface area contributed by atoms with Gasteiger partial charge in [-0.25, -0.2) is 8.42 Å². The Balaban J connectivity index is 1.67. The Hall–Kier alpha value is -2.34. The van der Waals surface area contributed by atoms with E-state index in [2.05, 4.69) is 0 Å². The third-order valence-electron chi connectivity index (χ3n) is 4.41. The number of nitrogens with zero attached hydrogens (tertiary/aromatic N) is 1. The molecule has 1 heterocycles. The third kappa shape index (κ3) is 4.39. The van der Waals surface area contributed by atoms with Crippen molar-refractivity contribution in [1.29, 1.82) is 0 Å². The van der Waals surface area contributed by atoms with E-state index in [0.717, 1.165) is 5.56 Å². The summed E-state index contributed by atoms with van der Waals surface area (Å²) in [6.45, 7) is 0.426. The molecule has 2 aromatic carbocycles.